The van der Waals surface area contributed by atoms with Gasteiger partial charge in [-0.2, -0.15) is 0 Å². The Morgan fingerprint density at radius 3 is 1.07 bits per heavy atom. The van der Waals surface area contributed by atoms with E-state index in [0.29, 0.717) is 19.3 Å². The van der Waals surface area contributed by atoms with E-state index in [1.54, 1.807) is 0 Å². The van der Waals surface area contributed by atoms with E-state index in [1.807, 2.05) is 0 Å². The molecule has 0 unspecified atom stereocenters. The molecule has 0 aromatic rings. The van der Waals surface area contributed by atoms with Gasteiger partial charge in [0.1, 0.15) is 13.2 Å². The quantitative estimate of drug-likeness (QED) is 0.0263. The van der Waals surface area contributed by atoms with Gasteiger partial charge < -0.3 is 14.2 Å². The van der Waals surface area contributed by atoms with E-state index in [9.17, 15) is 14.4 Å². The van der Waals surface area contributed by atoms with Crippen LogP contribution in [0.3, 0.4) is 0 Å². The minimum Gasteiger partial charge on any atom is -0.462 e. The zero-order valence-electron chi connectivity index (χ0n) is 39.5. The molecule has 0 aromatic carbocycles. The highest BCUT2D eigenvalue weighted by molar-refractivity contribution is 5.71. The third-order valence-corrected chi connectivity index (χ3v) is 10.8. The molecule has 0 radical (unpaired) electrons. The van der Waals surface area contributed by atoms with Crippen LogP contribution in [0.15, 0.2) is 60.8 Å². The van der Waals surface area contributed by atoms with Gasteiger partial charge in [-0.3, -0.25) is 14.4 Å². The molecule has 60 heavy (non-hydrogen) atoms. The van der Waals surface area contributed by atoms with Crippen molar-refractivity contribution >= 4 is 17.9 Å². The molecule has 1 atom stereocenters. The number of esters is 3. The second kappa shape index (κ2) is 48.8. The molecule has 0 saturated carbocycles. The lowest BCUT2D eigenvalue weighted by Gasteiger charge is -2.18. The fraction of sp³-hybridized carbons (Fsp3) is 0.759. The molecule has 6 heteroatoms. The lowest BCUT2D eigenvalue weighted by Crippen LogP contribution is -2.30. The number of ether oxygens (including phenoxy) is 3. The lowest BCUT2D eigenvalue weighted by molar-refractivity contribution is -0.167. The van der Waals surface area contributed by atoms with E-state index in [2.05, 4.69) is 81.5 Å². The van der Waals surface area contributed by atoms with Gasteiger partial charge in [0.25, 0.3) is 0 Å². The van der Waals surface area contributed by atoms with E-state index >= 15 is 0 Å². The highest BCUT2D eigenvalue weighted by Gasteiger charge is 2.19. The Kier molecular flexibility index (Phi) is 46.4. The maximum absolute atomic E-state index is 12.8. The standard InChI is InChI=1S/C54H94O6/c1-4-7-10-13-16-19-22-25-27-30-32-35-38-41-44-47-53(56)59-50-51(49-58-52(55)46-43-40-37-34-31-28-24-21-18-15-12-9-6-3)60-54(57)48-45-42-39-36-33-29-26-23-20-17-14-11-8-5-2/h7,10,16,19,23,25-27,32,35,51H,4-6,8-9,11-15,17-18,20-22,24,28-31,33-34,36-50H2,1-3H3/b10-7-,19-16-,26-23-,27-25-,35-32-/t51-/m1/s1. The molecule has 0 N–H and O–H groups in total. The molecule has 6 nitrogen and oxygen atoms in total. The van der Waals surface area contributed by atoms with Gasteiger partial charge in [0, 0.05) is 19.3 Å². The van der Waals surface area contributed by atoms with Crippen LogP contribution in [0.1, 0.15) is 245 Å². The highest BCUT2D eigenvalue weighted by Crippen LogP contribution is 2.15. The van der Waals surface area contributed by atoms with E-state index < -0.39 is 6.10 Å². The second-order valence-electron chi connectivity index (χ2n) is 16.7. The van der Waals surface area contributed by atoms with Crippen molar-refractivity contribution in [2.45, 2.75) is 252 Å². The van der Waals surface area contributed by atoms with Gasteiger partial charge in [0.05, 0.1) is 0 Å². The summed E-state index contributed by atoms with van der Waals surface area (Å²) in [6.07, 6.45) is 59.1. The minimum absolute atomic E-state index is 0.0889. The Morgan fingerprint density at radius 2 is 0.650 bits per heavy atom. The van der Waals surface area contributed by atoms with Crippen molar-refractivity contribution in [2.24, 2.45) is 0 Å². The second-order valence-corrected chi connectivity index (χ2v) is 16.7. The summed E-state index contributed by atoms with van der Waals surface area (Å²) in [6, 6.07) is 0. The molecule has 0 aliphatic carbocycles. The average Bonchev–Trinajstić information content (AvgIpc) is 3.24. The summed E-state index contributed by atoms with van der Waals surface area (Å²) in [5.41, 5.74) is 0. The van der Waals surface area contributed by atoms with Gasteiger partial charge in [-0.05, 0) is 83.5 Å². The Labute approximate surface area is 370 Å². The SMILES string of the molecule is CC/C=C\C/C=C\C/C=C\C/C=C\CCCCC(=O)OC[C@@H](COC(=O)CCCCCCCCCCCCCCC)OC(=O)CCCCCCC/C=C\CCCCCCC. The number of carbonyl (C=O) groups is 3. The molecule has 0 saturated heterocycles. The molecule has 0 heterocycles. The number of carbonyl (C=O) groups excluding carboxylic acids is 3. The van der Waals surface area contributed by atoms with E-state index in [1.165, 1.54) is 109 Å². The molecule has 0 spiro atoms. The van der Waals surface area contributed by atoms with Gasteiger partial charge in [-0.15, -0.1) is 0 Å². The third-order valence-electron chi connectivity index (χ3n) is 10.8. The summed E-state index contributed by atoms with van der Waals surface area (Å²) in [7, 11) is 0. The van der Waals surface area contributed by atoms with Crippen molar-refractivity contribution < 1.29 is 28.6 Å². The average molecular weight is 839 g/mol. The largest absolute Gasteiger partial charge is 0.462 e. The molecule has 0 aromatic heterocycles. The molecule has 0 aliphatic rings. The van der Waals surface area contributed by atoms with Crippen molar-refractivity contribution in [3.05, 3.63) is 60.8 Å². The summed E-state index contributed by atoms with van der Waals surface area (Å²) in [5, 5.41) is 0. The van der Waals surface area contributed by atoms with Gasteiger partial charge >= 0.3 is 17.9 Å². The van der Waals surface area contributed by atoms with Crippen LogP contribution in [-0.2, 0) is 28.6 Å². The summed E-state index contributed by atoms with van der Waals surface area (Å²) in [5.74, 6) is -0.937. The fourth-order valence-electron chi connectivity index (χ4n) is 6.96. The molecule has 0 bridgehead atoms. The van der Waals surface area contributed by atoms with E-state index in [4.69, 9.17) is 14.2 Å². The molecular weight excluding hydrogens is 745 g/mol. The highest BCUT2D eigenvalue weighted by atomic mass is 16.6. The molecule has 0 fully saturated rings. The van der Waals surface area contributed by atoms with Crippen molar-refractivity contribution in [1.29, 1.82) is 0 Å². The van der Waals surface area contributed by atoms with Gasteiger partial charge in [-0.1, -0.05) is 204 Å². The van der Waals surface area contributed by atoms with Crippen LogP contribution in [-0.4, -0.2) is 37.2 Å². The third kappa shape index (κ3) is 46.2. The van der Waals surface area contributed by atoms with Gasteiger partial charge in [0.15, 0.2) is 6.10 Å². The van der Waals surface area contributed by atoms with Crippen molar-refractivity contribution in [2.75, 3.05) is 13.2 Å². The molecular formula is C54H94O6. The van der Waals surface area contributed by atoms with Crippen LogP contribution in [0.25, 0.3) is 0 Å². The van der Waals surface area contributed by atoms with E-state index in [-0.39, 0.29) is 31.1 Å². The Hall–Kier alpha value is -2.89. The normalized spacial score (nSPS) is 12.5. The number of hydrogen-bond donors (Lipinski definition) is 0. The molecule has 0 rings (SSSR count). The van der Waals surface area contributed by atoms with Gasteiger partial charge in [-0.25, -0.2) is 0 Å². The first kappa shape index (κ1) is 57.1. The zero-order chi connectivity index (χ0) is 43.7. The predicted molar refractivity (Wildman–Crippen MR) is 256 cm³/mol. The first-order chi connectivity index (χ1) is 29.5. The summed E-state index contributed by atoms with van der Waals surface area (Å²) < 4.78 is 16.7. The topological polar surface area (TPSA) is 78.9 Å². The predicted octanol–water partition coefficient (Wildman–Crippen LogP) is 16.5. The smallest absolute Gasteiger partial charge is 0.306 e. The molecule has 0 aliphatic heterocycles. The van der Waals surface area contributed by atoms with Crippen molar-refractivity contribution in [3.63, 3.8) is 0 Å². The number of unbranched alkanes of at least 4 members (excludes halogenated alkanes) is 24. The number of allylic oxidation sites excluding steroid dienone is 10. The zero-order valence-corrected chi connectivity index (χ0v) is 39.5. The summed E-state index contributed by atoms with van der Waals surface area (Å²) in [4.78, 5) is 37.9. The monoisotopic (exact) mass is 839 g/mol. The van der Waals surface area contributed by atoms with Crippen LogP contribution in [0.2, 0.25) is 0 Å². The van der Waals surface area contributed by atoms with Gasteiger partial charge in [0.2, 0.25) is 0 Å². The van der Waals surface area contributed by atoms with Crippen molar-refractivity contribution in [1.82, 2.24) is 0 Å². The van der Waals surface area contributed by atoms with Crippen molar-refractivity contribution in [3.8, 4) is 0 Å². The first-order valence-electron chi connectivity index (χ1n) is 25.3. The summed E-state index contributed by atoms with van der Waals surface area (Å²) >= 11 is 0. The lowest BCUT2D eigenvalue weighted by atomic mass is 10.0. The van der Waals surface area contributed by atoms with Crippen LogP contribution in [0, 0.1) is 0 Å². The fourth-order valence-corrected chi connectivity index (χ4v) is 6.96. The molecule has 0 amide bonds. The summed E-state index contributed by atoms with van der Waals surface area (Å²) in [6.45, 7) is 6.47. The van der Waals surface area contributed by atoms with Crippen LogP contribution < -0.4 is 0 Å². The molecule has 346 valence electrons. The van der Waals surface area contributed by atoms with Crippen LogP contribution in [0.5, 0.6) is 0 Å². The Bertz CT molecular complexity index is 1100. The maximum Gasteiger partial charge on any atom is 0.306 e. The Morgan fingerprint density at radius 1 is 0.350 bits per heavy atom. The Balaban J connectivity index is 4.45. The minimum atomic E-state index is -0.792. The first-order valence-corrected chi connectivity index (χ1v) is 25.3. The number of hydrogen-bond acceptors (Lipinski definition) is 6. The maximum atomic E-state index is 12.8. The van der Waals surface area contributed by atoms with E-state index in [0.717, 1.165) is 96.3 Å². The van der Waals surface area contributed by atoms with Crippen LogP contribution in [0.4, 0.5) is 0 Å². The van der Waals surface area contributed by atoms with Crippen LogP contribution >= 0.6 is 0 Å². The number of rotatable bonds is 45.